The van der Waals surface area contributed by atoms with E-state index in [-0.39, 0.29) is 6.04 Å². The number of nitrogens with one attached hydrogen (secondary N) is 1. The number of hydrogen-bond donors (Lipinski definition) is 1. The molecule has 0 aliphatic carbocycles. The topological polar surface area (TPSA) is 62.4 Å². The van der Waals surface area contributed by atoms with Gasteiger partial charge in [-0.3, -0.25) is 9.59 Å². The predicted octanol–water partition coefficient (Wildman–Crippen LogP) is 4.36. The summed E-state index contributed by atoms with van der Waals surface area (Å²) in [6.45, 7) is 2.06. The number of para-hydroxylation sites is 1. The largest absolute Gasteiger partial charge is 0.497 e. The van der Waals surface area contributed by atoms with Crippen LogP contribution in [0.4, 0.5) is 0 Å². The number of likely N-dealkylation sites (N-methyl/N-ethyl adjacent to an activating group) is 1. The normalized spacial score (nSPS) is 12.0. The third kappa shape index (κ3) is 3.72. The number of carbonyl (C=O) groups excluding carboxylic acids is 2. The van der Waals surface area contributed by atoms with Gasteiger partial charge < -0.3 is 14.6 Å². The lowest BCUT2D eigenvalue weighted by Crippen LogP contribution is -2.36. The quantitative estimate of drug-likeness (QED) is 0.500. The standard InChI is InChI=1S/C22H24N2O3/c1-4-8-20(15-9-7-10-16(13-15)27-3)24(2)22(26)21(25)18-14-23-19-12-6-5-11-17(18)19/h5-7,9-14,20,23H,4,8H2,1-3H3. The Balaban J connectivity index is 1.90. The van der Waals surface area contributed by atoms with Crippen LogP contribution in [-0.4, -0.2) is 35.7 Å². The first-order chi connectivity index (χ1) is 13.1. The van der Waals surface area contributed by atoms with Gasteiger partial charge >= 0.3 is 0 Å². The van der Waals surface area contributed by atoms with Gasteiger partial charge in [-0.1, -0.05) is 43.7 Å². The van der Waals surface area contributed by atoms with Crippen molar-refractivity contribution in [3.63, 3.8) is 0 Å². The van der Waals surface area contributed by atoms with Crippen molar-refractivity contribution < 1.29 is 14.3 Å². The highest BCUT2D eigenvalue weighted by molar-refractivity contribution is 6.44. The lowest BCUT2D eigenvalue weighted by atomic mass is 9.99. The molecular formula is C22H24N2O3. The molecule has 0 aliphatic heterocycles. The van der Waals surface area contributed by atoms with Crippen LogP contribution >= 0.6 is 0 Å². The summed E-state index contributed by atoms with van der Waals surface area (Å²) in [5.74, 6) is -0.280. The van der Waals surface area contributed by atoms with Gasteiger partial charge in [-0.2, -0.15) is 0 Å². The number of methoxy groups -OCH3 is 1. The van der Waals surface area contributed by atoms with Crippen molar-refractivity contribution in [1.29, 1.82) is 0 Å². The monoisotopic (exact) mass is 364 g/mol. The Morgan fingerprint density at radius 3 is 2.67 bits per heavy atom. The highest BCUT2D eigenvalue weighted by Gasteiger charge is 2.28. The number of fused-ring (bicyclic) bond motifs is 1. The molecule has 0 saturated carbocycles. The van der Waals surface area contributed by atoms with Crippen molar-refractivity contribution in [3.05, 3.63) is 65.9 Å². The van der Waals surface area contributed by atoms with Gasteiger partial charge in [0.15, 0.2) is 0 Å². The Hall–Kier alpha value is -3.08. The molecule has 5 nitrogen and oxygen atoms in total. The number of aromatic amines is 1. The van der Waals surface area contributed by atoms with E-state index in [0.29, 0.717) is 5.56 Å². The Morgan fingerprint density at radius 2 is 1.93 bits per heavy atom. The molecule has 0 spiro atoms. The van der Waals surface area contributed by atoms with Gasteiger partial charge in [0.2, 0.25) is 0 Å². The van der Waals surface area contributed by atoms with E-state index in [1.807, 2.05) is 48.5 Å². The van der Waals surface area contributed by atoms with Crippen LogP contribution in [0.5, 0.6) is 5.75 Å². The Bertz CT molecular complexity index is 961. The molecule has 1 unspecified atom stereocenters. The molecule has 0 saturated heterocycles. The second kappa shape index (κ2) is 8.08. The molecular weight excluding hydrogens is 340 g/mol. The maximum absolute atomic E-state index is 13.0. The number of aromatic nitrogens is 1. The maximum Gasteiger partial charge on any atom is 0.295 e. The summed E-state index contributed by atoms with van der Waals surface area (Å²) in [6.07, 6.45) is 3.26. The SMILES string of the molecule is CCCC(c1cccc(OC)c1)N(C)C(=O)C(=O)c1c[nH]c2ccccc12. The van der Waals surface area contributed by atoms with Crippen LogP contribution in [0.3, 0.4) is 0 Å². The van der Waals surface area contributed by atoms with Gasteiger partial charge in [-0.05, 0) is 30.2 Å². The molecule has 1 N–H and O–H groups in total. The number of Topliss-reactive ketones (excluding diaryl/α,β-unsaturated/α-hetero) is 1. The number of carbonyl (C=O) groups is 2. The number of ether oxygens (including phenoxy) is 1. The van der Waals surface area contributed by atoms with Gasteiger partial charge in [0, 0.05) is 24.1 Å². The van der Waals surface area contributed by atoms with Gasteiger partial charge in [-0.25, -0.2) is 0 Å². The van der Waals surface area contributed by atoms with E-state index in [0.717, 1.165) is 35.1 Å². The minimum Gasteiger partial charge on any atom is -0.497 e. The van der Waals surface area contributed by atoms with E-state index < -0.39 is 11.7 Å². The minimum absolute atomic E-state index is 0.188. The van der Waals surface area contributed by atoms with E-state index in [1.165, 1.54) is 0 Å². The molecule has 1 atom stereocenters. The number of H-pyrrole nitrogens is 1. The second-order valence-electron chi connectivity index (χ2n) is 6.57. The van der Waals surface area contributed by atoms with Crippen molar-refractivity contribution >= 4 is 22.6 Å². The van der Waals surface area contributed by atoms with Crippen molar-refractivity contribution in [2.45, 2.75) is 25.8 Å². The smallest absolute Gasteiger partial charge is 0.295 e. The molecule has 27 heavy (non-hydrogen) atoms. The lowest BCUT2D eigenvalue weighted by Gasteiger charge is -2.28. The zero-order chi connectivity index (χ0) is 19.4. The van der Waals surface area contributed by atoms with Crippen LogP contribution in [0.25, 0.3) is 10.9 Å². The average Bonchev–Trinajstić information content (AvgIpc) is 3.14. The average molecular weight is 364 g/mol. The zero-order valence-corrected chi connectivity index (χ0v) is 15.9. The van der Waals surface area contributed by atoms with Crippen molar-refractivity contribution in [2.24, 2.45) is 0 Å². The molecule has 3 aromatic rings. The predicted molar refractivity (Wildman–Crippen MR) is 106 cm³/mol. The van der Waals surface area contributed by atoms with Crippen molar-refractivity contribution in [2.75, 3.05) is 14.2 Å². The molecule has 0 bridgehead atoms. The van der Waals surface area contributed by atoms with E-state index >= 15 is 0 Å². The number of amides is 1. The van der Waals surface area contributed by atoms with Crippen LogP contribution < -0.4 is 4.74 Å². The van der Waals surface area contributed by atoms with E-state index in [4.69, 9.17) is 4.74 Å². The Kier molecular flexibility index (Phi) is 5.60. The van der Waals surface area contributed by atoms with Gasteiger partial charge in [0.25, 0.3) is 11.7 Å². The summed E-state index contributed by atoms with van der Waals surface area (Å²) in [6, 6.07) is 14.9. The lowest BCUT2D eigenvalue weighted by molar-refractivity contribution is -0.127. The maximum atomic E-state index is 13.0. The fourth-order valence-corrected chi connectivity index (χ4v) is 3.38. The highest BCUT2D eigenvalue weighted by Crippen LogP contribution is 2.28. The Labute approximate surface area is 158 Å². The molecule has 5 heteroatoms. The molecule has 140 valence electrons. The first kappa shape index (κ1) is 18.7. The van der Waals surface area contributed by atoms with E-state index in [2.05, 4.69) is 11.9 Å². The number of rotatable bonds is 7. The third-order valence-electron chi connectivity index (χ3n) is 4.86. The molecule has 0 aliphatic rings. The zero-order valence-electron chi connectivity index (χ0n) is 15.9. The summed E-state index contributed by atoms with van der Waals surface area (Å²) in [5.41, 5.74) is 2.20. The number of hydrogen-bond acceptors (Lipinski definition) is 3. The number of benzene rings is 2. The molecule has 3 rings (SSSR count). The number of ketones is 1. The third-order valence-corrected chi connectivity index (χ3v) is 4.86. The molecule has 0 fully saturated rings. The Morgan fingerprint density at radius 1 is 1.15 bits per heavy atom. The highest BCUT2D eigenvalue weighted by atomic mass is 16.5. The second-order valence-corrected chi connectivity index (χ2v) is 6.57. The van der Waals surface area contributed by atoms with Crippen LogP contribution in [0.15, 0.2) is 54.7 Å². The van der Waals surface area contributed by atoms with Gasteiger partial charge in [0.05, 0.1) is 18.7 Å². The van der Waals surface area contributed by atoms with Crippen LogP contribution in [0.1, 0.15) is 41.7 Å². The summed E-state index contributed by atoms with van der Waals surface area (Å²) in [4.78, 5) is 30.4. The molecule has 1 amide bonds. The number of nitrogens with zero attached hydrogens (tertiary/aromatic N) is 1. The van der Waals surface area contributed by atoms with Crippen molar-refractivity contribution in [3.8, 4) is 5.75 Å². The van der Waals surface area contributed by atoms with Gasteiger partial charge in [-0.15, -0.1) is 0 Å². The minimum atomic E-state index is -0.513. The fourth-order valence-electron chi connectivity index (χ4n) is 3.38. The van der Waals surface area contributed by atoms with Crippen LogP contribution in [-0.2, 0) is 4.79 Å². The molecule has 1 heterocycles. The van der Waals surface area contributed by atoms with E-state index in [9.17, 15) is 9.59 Å². The summed E-state index contributed by atoms with van der Waals surface area (Å²) in [5, 5.41) is 0.762. The van der Waals surface area contributed by atoms with Crippen molar-refractivity contribution in [1.82, 2.24) is 9.88 Å². The summed E-state index contributed by atoms with van der Waals surface area (Å²) in [7, 11) is 3.30. The summed E-state index contributed by atoms with van der Waals surface area (Å²) < 4.78 is 5.30. The van der Waals surface area contributed by atoms with Crippen LogP contribution in [0.2, 0.25) is 0 Å². The first-order valence-corrected chi connectivity index (χ1v) is 9.08. The fraction of sp³-hybridized carbons (Fsp3) is 0.273. The first-order valence-electron chi connectivity index (χ1n) is 9.08. The van der Waals surface area contributed by atoms with E-state index in [1.54, 1.807) is 25.3 Å². The molecule has 2 aromatic carbocycles. The van der Waals surface area contributed by atoms with Gasteiger partial charge in [0.1, 0.15) is 5.75 Å². The molecule has 0 radical (unpaired) electrons. The van der Waals surface area contributed by atoms with Crippen LogP contribution in [0, 0.1) is 0 Å². The summed E-state index contributed by atoms with van der Waals surface area (Å²) >= 11 is 0. The molecule has 1 aromatic heterocycles.